The number of thiophene rings is 1. The van der Waals surface area contributed by atoms with Gasteiger partial charge in [0, 0.05) is 10.4 Å². The van der Waals surface area contributed by atoms with E-state index in [1.54, 1.807) is 13.0 Å². The van der Waals surface area contributed by atoms with E-state index in [2.05, 4.69) is 4.74 Å². The van der Waals surface area contributed by atoms with Crippen LogP contribution in [0.25, 0.3) is 10.4 Å². The number of nitrogen functional groups attached to an aromatic ring is 1. The van der Waals surface area contributed by atoms with Crippen LogP contribution >= 0.6 is 22.9 Å². The number of carbonyl (C=O) groups is 1. The molecule has 0 spiro atoms. The van der Waals surface area contributed by atoms with E-state index in [0.29, 0.717) is 16.1 Å². The van der Waals surface area contributed by atoms with Crippen LogP contribution in [-0.2, 0) is 4.74 Å². The summed E-state index contributed by atoms with van der Waals surface area (Å²) < 4.78 is 17.7. The molecule has 0 fully saturated rings. The predicted molar refractivity (Wildman–Crippen MR) is 75.2 cm³/mol. The molecule has 2 N–H and O–H groups in total. The molecule has 0 bridgehead atoms. The summed E-state index contributed by atoms with van der Waals surface area (Å²) in [5.74, 6) is -0.904. The molecule has 3 nitrogen and oxygen atoms in total. The van der Waals surface area contributed by atoms with Crippen LogP contribution in [0.2, 0.25) is 5.02 Å². The van der Waals surface area contributed by atoms with Gasteiger partial charge in [0.15, 0.2) is 0 Å². The minimum atomic E-state index is -0.491. The minimum Gasteiger partial charge on any atom is -0.465 e. The fraction of sp³-hybridized carbons (Fsp3) is 0.154. The molecule has 1 heterocycles. The Hall–Kier alpha value is -1.59. The summed E-state index contributed by atoms with van der Waals surface area (Å²) in [7, 11) is 1.29. The van der Waals surface area contributed by atoms with Crippen molar-refractivity contribution < 1.29 is 13.9 Å². The lowest BCUT2D eigenvalue weighted by molar-refractivity contribution is 0.0607. The average Bonchev–Trinajstić information content (AvgIpc) is 2.66. The van der Waals surface area contributed by atoms with Crippen molar-refractivity contribution in [2.75, 3.05) is 12.8 Å². The molecule has 0 amide bonds. The summed E-state index contributed by atoms with van der Waals surface area (Å²) in [5, 5.41) is 0.278. The molecular weight excluding hydrogens is 289 g/mol. The lowest BCUT2D eigenvalue weighted by Gasteiger charge is -2.03. The maximum absolute atomic E-state index is 13.1. The molecular formula is C13H11ClFNO2S. The molecule has 2 aromatic rings. The molecule has 0 saturated carbocycles. The molecule has 0 atom stereocenters. The first-order valence-corrected chi connectivity index (χ1v) is 6.57. The molecule has 1 aromatic heterocycles. The van der Waals surface area contributed by atoms with Crippen LogP contribution in [0.4, 0.5) is 10.1 Å². The number of esters is 1. The third-order valence-corrected chi connectivity index (χ3v) is 4.37. The Bertz CT molecular complexity index is 654. The van der Waals surface area contributed by atoms with Gasteiger partial charge in [0.25, 0.3) is 0 Å². The van der Waals surface area contributed by atoms with Gasteiger partial charge in [0.1, 0.15) is 10.7 Å². The number of halogens is 2. The van der Waals surface area contributed by atoms with Gasteiger partial charge in [-0.3, -0.25) is 0 Å². The van der Waals surface area contributed by atoms with Gasteiger partial charge in [-0.25, -0.2) is 9.18 Å². The zero-order chi connectivity index (χ0) is 14.2. The quantitative estimate of drug-likeness (QED) is 0.856. The fourth-order valence-electron chi connectivity index (χ4n) is 1.70. The SMILES string of the molecule is COC(=O)c1sc(-c2ccc(F)cc2Cl)c(C)c1N. The van der Waals surface area contributed by atoms with Crippen LogP contribution < -0.4 is 5.73 Å². The van der Waals surface area contributed by atoms with Gasteiger partial charge in [0.2, 0.25) is 0 Å². The Morgan fingerprint density at radius 3 is 2.74 bits per heavy atom. The number of hydrogen-bond acceptors (Lipinski definition) is 4. The number of nitrogens with two attached hydrogens (primary N) is 1. The van der Waals surface area contributed by atoms with Crippen LogP contribution in [0.5, 0.6) is 0 Å². The first-order chi connectivity index (χ1) is 8.95. The standard InChI is InChI=1S/C13H11ClFNO2S/c1-6-10(16)12(13(17)18-2)19-11(6)8-4-3-7(15)5-9(8)14/h3-5H,16H2,1-2H3. The smallest absolute Gasteiger partial charge is 0.350 e. The van der Waals surface area contributed by atoms with E-state index >= 15 is 0 Å². The largest absolute Gasteiger partial charge is 0.465 e. The molecule has 0 unspecified atom stereocenters. The zero-order valence-electron chi connectivity index (χ0n) is 10.3. The molecule has 0 radical (unpaired) electrons. The molecule has 1 aromatic carbocycles. The van der Waals surface area contributed by atoms with E-state index in [0.717, 1.165) is 10.4 Å². The number of carbonyl (C=O) groups excluding carboxylic acids is 1. The number of benzene rings is 1. The lowest BCUT2D eigenvalue weighted by Crippen LogP contribution is -2.01. The molecule has 19 heavy (non-hydrogen) atoms. The van der Waals surface area contributed by atoms with Gasteiger partial charge >= 0.3 is 5.97 Å². The Morgan fingerprint density at radius 2 is 2.16 bits per heavy atom. The van der Waals surface area contributed by atoms with Crippen molar-refractivity contribution in [3.8, 4) is 10.4 Å². The van der Waals surface area contributed by atoms with Crippen molar-refractivity contribution in [1.82, 2.24) is 0 Å². The lowest BCUT2D eigenvalue weighted by atomic mass is 10.1. The highest BCUT2D eigenvalue weighted by Gasteiger charge is 2.21. The Balaban J connectivity index is 2.60. The topological polar surface area (TPSA) is 52.3 Å². The van der Waals surface area contributed by atoms with Gasteiger partial charge in [-0.2, -0.15) is 0 Å². The summed E-state index contributed by atoms with van der Waals surface area (Å²) in [6.07, 6.45) is 0. The van der Waals surface area contributed by atoms with E-state index in [4.69, 9.17) is 17.3 Å². The molecule has 0 aliphatic rings. The maximum atomic E-state index is 13.1. The number of anilines is 1. The van der Waals surface area contributed by atoms with E-state index in [1.165, 1.54) is 30.6 Å². The second kappa shape index (κ2) is 5.19. The average molecular weight is 300 g/mol. The van der Waals surface area contributed by atoms with E-state index in [1.807, 2.05) is 0 Å². The van der Waals surface area contributed by atoms with Gasteiger partial charge in [-0.05, 0) is 30.7 Å². The zero-order valence-corrected chi connectivity index (χ0v) is 11.9. The van der Waals surface area contributed by atoms with Crippen molar-refractivity contribution in [3.05, 3.63) is 39.5 Å². The second-order valence-electron chi connectivity index (χ2n) is 3.91. The second-order valence-corrected chi connectivity index (χ2v) is 5.34. The van der Waals surface area contributed by atoms with Crippen LogP contribution in [-0.4, -0.2) is 13.1 Å². The fourth-order valence-corrected chi connectivity index (χ4v) is 3.20. The Morgan fingerprint density at radius 1 is 1.47 bits per heavy atom. The summed E-state index contributed by atoms with van der Waals surface area (Å²) in [6.45, 7) is 1.79. The van der Waals surface area contributed by atoms with E-state index in [9.17, 15) is 9.18 Å². The van der Waals surface area contributed by atoms with Gasteiger partial charge in [-0.1, -0.05) is 11.6 Å². The summed E-state index contributed by atoms with van der Waals surface area (Å²) in [5.41, 5.74) is 7.64. The van der Waals surface area contributed by atoms with E-state index < -0.39 is 11.8 Å². The number of hydrogen-bond donors (Lipinski definition) is 1. The van der Waals surface area contributed by atoms with Crippen molar-refractivity contribution in [3.63, 3.8) is 0 Å². The van der Waals surface area contributed by atoms with Gasteiger partial charge in [-0.15, -0.1) is 11.3 Å². The molecule has 0 saturated heterocycles. The van der Waals surface area contributed by atoms with Crippen molar-refractivity contribution in [1.29, 1.82) is 0 Å². The molecule has 100 valence electrons. The van der Waals surface area contributed by atoms with Crippen molar-refractivity contribution in [2.24, 2.45) is 0 Å². The monoisotopic (exact) mass is 299 g/mol. The summed E-state index contributed by atoms with van der Waals surface area (Å²) >= 11 is 7.21. The predicted octanol–water partition coefficient (Wildman–Crippen LogP) is 3.88. The van der Waals surface area contributed by atoms with Crippen LogP contribution in [0, 0.1) is 12.7 Å². The molecule has 2 rings (SSSR count). The van der Waals surface area contributed by atoms with Gasteiger partial charge in [0.05, 0.1) is 17.8 Å². The van der Waals surface area contributed by atoms with Crippen LogP contribution in [0.15, 0.2) is 18.2 Å². The number of methoxy groups -OCH3 is 1. The van der Waals surface area contributed by atoms with E-state index in [-0.39, 0.29) is 5.02 Å². The summed E-state index contributed by atoms with van der Waals surface area (Å²) in [4.78, 5) is 12.7. The number of rotatable bonds is 2. The third-order valence-electron chi connectivity index (χ3n) is 2.74. The highest BCUT2D eigenvalue weighted by atomic mass is 35.5. The van der Waals surface area contributed by atoms with Crippen molar-refractivity contribution in [2.45, 2.75) is 6.92 Å². The highest BCUT2D eigenvalue weighted by molar-refractivity contribution is 7.18. The normalized spacial score (nSPS) is 10.5. The Labute approximate surface area is 118 Å². The maximum Gasteiger partial charge on any atom is 0.350 e. The third kappa shape index (κ3) is 2.43. The molecule has 0 aliphatic heterocycles. The van der Waals surface area contributed by atoms with Gasteiger partial charge < -0.3 is 10.5 Å². The van der Waals surface area contributed by atoms with Crippen LogP contribution in [0.1, 0.15) is 15.2 Å². The Kier molecular flexibility index (Phi) is 3.78. The highest BCUT2D eigenvalue weighted by Crippen LogP contribution is 2.41. The summed E-state index contributed by atoms with van der Waals surface area (Å²) in [6, 6.07) is 4.11. The number of ether oxygens (including phenoxy) is 1. The molecule has 6 heteroatoms. The first kappa shape index (κ1) is 13.8. The van der Waals surface area contributed by atoms with Crippen molar-refractivity contribution >= 4 is 34.6 Å². The first-order valence-electron chi connectivity index (χ1n) is 5.38. The van der Waals surface area contributed by atoms with Crippen LogP contribution in [0.3, 0.4) is 0 Å². The molecule has 0 aliphatic carbocycles. The minimum absolute atomic E-state index is 0.278.